The van der Waals surface area contributed by atoms with Gasteiger partial charge in [-0.15, -0.1) is 11.3 Å². The maximum Gasteiger partial charge on any atom is 0.259 e. The zero-order chi connectivity index (χ0) is 18.0. The van der Waals surface area contributed by atoms with Crippen molar-refractivity contribution in [2.75, 3.05) is 46.4 Å². The summed E-state index contributed by atoms with van der Waals surface area (Å²) in [6.45, 7) is 8.82. The molecule has 2 N–H and O–H groups in total. The van der Waals surface area contributed by atoms with Gasteiger partial charge in [-0.3, -0.25) is 14.6 Å². The van der Waals surface area contributed by atoms with Crippen LogP contribution in [-0.2, 0) is 11.3 Å². The minimum absolute atomic E-state index is 0.0795. The lowest BCUT2D eigenvalue weighted by Crippen LogP contribution is -2.44. The van der Waals surface area contributed by atoms with Gasteiger partial charge in [-0.2, -0.15) is 0 Å². The van der Waals surface area contributed by atoms with E-state index in [-0.39, 0.29) is 5.56 Å². The third kappa shape index (κ3) is 4.45. The number of ether oxygens (including phenoxy) is 1. The van der Waals surface area contributed by atoms with Crippen molar-refractivity contribution < 1.29 is 9.84 Å². The molecule has 0 amide bonds. The van der Waals surface area contributed by atoms with Crippen LogP contribution in [0.25, 0.3) is 10.2 Å². The van der Waals surface area contributed by atoms with Crippen LogP contribution in [-0.4, -0.2) is 77.4 Å². The monoisotopic (exact) mass is 366 g/mol. The van der Waals surface area contributed by atoms with Gasteiger partial charge < -0.3 is 14.8 Å². The van der Waals surface area contributed by atoms with Crippen molar-refractivity contribution >= 4 is 21.6 Å². The fourth-order valence-corrected chi connectivity index (χ4v) is 4.24. The van der Waals surface area contributed by atoms with E-state index in [0.717, 1.165) is 41.6 Å². The van der Waals surface area contributed by atoms with E-state index in [9.17, 15) is 9.90 Å². The van der Waals surface area contributed by atoms with Crippen molar-refractivity contribution in [2.24, 2.45) is 0 Å². The van der Waals surface area contributed by atoms with E-state index < -0.39 is 6.10 Å². The minimum Gasteiger partial charge on any atom is -0.390 e. The molecule has 0 saturated carbocycles. The summed E-state index contributed by atoms with van der Waals surface area (Å²) in [5, 5.41) is 11.0. The Morgan fingerprint density at radius 2 is 2.12 bits per heavy atom. The third-order valence-electron chi connectivity index (χ3n) is 4.60. The van der Waals surface area contributed by atoms with Gasteiger partial charge in [0.1, 0.15) is 10.7 Å². The molecule has 1 fully saturated rings. The zero-order valence-electron chi connectivity index (χ0n) is 15.0. The number of β-amino-alcohol motifs (C(OH)–C–C–N with tert-alkyl or cyclic N) is 1. The van der Waals surface area contributed by atoms with Crippen LogP contribution in [0.15, 0.2) is 4.79 Å². The van der Waals surface area contributed by atoms with Gasteiger partial charge in [-0.1, -0.05) is 0 Å². The Hall–Kier alpha value is -1.32. The summed E-state index contributed by atoms with van der Waals surface area (Å²) in [5.74, 6) is 0.639. The van der Waals surface area contributed by atoms with E-state index in [1.807, 2.05) is 25.8 Å². The number of aryl methyl sites for hydroxylation is 2. The SMILES string of the molecule is Cc1sc2nc(CN(C)CC(O)CN3CCOCC3)[nH]c(=O)c2c1C. The number of aliphatic hydroxyl groups excluding tert-OH is 1. The number of rotatable bonds is 6. The molecule has 2 aromatic rings. The molecule has 0 aliphatic carbocycles. The quantitative estimate of drug-likeness (QED) is 0.784. The van der Waals surface area contributed by atoms with Crippen LogP contribution in [0.1, 0.15) is 16.3 Å². The Morgan fingerprint density at radius 3 is 2.84 bits per heavy atom. The summed E-state index contributed by atoms with van der Waals surface area (Å²) >= 11 is 1.55. The number of nitrogens with one attached hydrogen (secondary N) is 1. The molecular weight excluding hydrogens is 340 g/mol. The molecule has 8 heteroatoms. The fraction of sp³-hybridized carbons (Fsp3) is 0.647. The number of hydrogen-bond donors (Lipinski definition) is 2. The van der Waals surface area contributed by atoms with Gasteiger partial charge in [-0.25, -0.2) is 4.98 Å². The van der Waals surface area contributed by atoms with E-state index in [0.29, 0.717) is 30.8 Å². The summed E-state index contributed by atoms with van der Waals surface area (Å²) in [6.07, 6.45) is -0.440. The summed E-state index contributed by atoms with van der Waals surface area (Å²) in [4.78, 5) is 25.9. The number of aliphatic hydroxyl groups is 1. The number of morpholine rings is 1. The van der Waals surface area contributed by atoms with Crippen molar-refractivity contribution in [1.29, 1.82) is 0 Å². The van der Waals surface area contributed by atoms with Crippen molar-refractivity contribution in [3.05, 3.63) is 26.6 Å². The first-order valence-electron chi connectivity index (χ1n) is 8.59. The molecule has 1 atom stereocenters. The van der Waals surface area contributed by atoms with Gasteiger partial charge in [0.05, 0.1) is 31.2 Å². The zero-order valence-corrected chi connectivity index (χ0v) is 15.9. The summed E-state index contributed by atoms with van der Waals surface area (Å²) in [6, 6.07) is 0. The molecule has 1 unspecified atom stereocenters. The highest BCUT2D eigenvalue weighted by Gasteiger charge is 2.17. The fourth-order valence-electron chi connectivity index (χ4n) is 3.19. The minimum atomic E-state index is -0.440. The van der Waals surface area contributed by atoms with Gasteiger partial charge in [0, 0.05) is 31.1 Å². The van der Waals surface area contributed by atoms with E-state index in [2.05, 4.69) is 14.9 Å². The van der Waals surface area contributed by atoms with Gasteiger partial charge in [0.2, 0.25) is 0 Å². The molecule has 3 rings (SSSR count). The van der Waals surface area contributed by atoms with Crippen LogP contribution < -0.4 is 5.56 Å². The lowest BCUT2D eigenvalue weighted by molar-refractivity contribution is 0.00812. The van der Waals surface area contributed by atoms with E-state index in [1.165, 1.54) is 0 Å². The highest BCUT2D eigenvalue weighted by Crippen LogP contribution is 2.25. The molecule has 7 nitrogen and oxygen atoms in total. The number of likely N-dealkylation sites (N-methyl/N-ethyl adjacent to an activating group) is 1. The molecule has 138 valence electrons. The molecule has 0 spiro atoms. The van der Waals surface area contributed by atoms with Crippen molar-refractivity contribution in [3.8, 4) is 0 Å². The second-order valence-electron chi connectivity index (χ2n) is 6.74. The van der Waals surface area contributed by atoms with Crippen LogP contribution in [0.4, 0.5) is 0 Å². The maximum absolute atomic E-state index is 12.3. The molecule has 1 saturated heterocycles. The predicted octanol–water partition coefficient (Wildman–Crippen LogP) is 0.726. The largest absolute Gasteiger partial charge is 0.390 e. The average molecular weight is 366 g/mol. The molecule has 2 aromatic heterocycles. The molecule has 1 aliphatic heterocycles. The number of aromatic amines is 1. The Labute approximate surface area is 151 Å². The standard InChI is InChI=1S/C17H26N4O3S/c1-11-12(2)25-17-15(11)16(23)18-14(19-17)10-20(3)8-13(22)9-21-4-6-24-7-5-21/h13,22H,4-10H2,1-3H3,(H,18,19,23). The third-order valence-corrected chi connectivity index (χ3v) is 5.70. The molecule has 0 aromatic carbocycles. The first-order chi connectivity index (χ1) is 11.9. The molecule has 25 heavy (non-hydrogen) atoms. The second kappa shape index (κ2) is 7.92. The van der Waals surface area contributed by atoms with E-state index >= 15 is 0 Å². The van der Waals surface area contributed by atoms with Crippen molar-refractivity contribution in [1.82, 2.24) is 19.8 Å². The number of thiophene rings is 1. The first-order valence-corrected chi connectivity index (χ1v) is 9.41. The summed E-state index contributed by atoms with van der Waals surface area (Å²) < 4.78 is 5.32. The van der Waals surface area contributed by atoms with Crippen LogP contribution in [0.5, 0.6) is 0 Å². The topological polar surface area (TPSA) is 81.7 Å². The smallest absolute Gasteiger partial charge is 0.259 e. The predicted molar refractivity (Wildman–Crippen MR) is 99.3 cm³/mol. The Bertz CT molecular complexity index is 782. The lowest BCUT2D eigenvalue weighted by atomic mass is 10.2. The van der Waals surface area contributed by atoms with Crippen LogP contribution in [0, 0.1) is 13.8 Å². The van der Waals surface area contributed by atoms with E-state index in [1.54, 1.807) is 11.3 Å². The molecule has 0 radical (unpaired) electrons. The van der Waals surface area contributed by atoms with Gasteiger partial charge >= 0.3 is 0 Å². The second-order valence-corrected chi connectivity index (χ2v) is 7.94. The Kier molecular flexibility index (Phi) is 5.85. The molecule has 1 aliphatic rings. The normalized spacial score (nSPS) is 17.5. The Balaban J connectivity index is 1.61. The van der Waals surface area contributed by atoms with Crippen LogP contribution in [0.3, 0.4) is 0 Å². The maximum atomic E-state index is 12.3. The summed E-state index contributed by atoms with van der Waals surface area (Å²) in [7, 11) is 1.93. The van der Waals surface area contributed by atoms with Crippen molar-refractivity contribution in [3.63, 3.8) is 0 Å². The van der Waals surface area contributed by atoms with Crippen LogP contribution in [0.2, 0.25) is 0 Å². The Morgan fingerprint density at radius 1 is 1.40 bits per heavy atom. The molecule has 0 bridgehead atoms. The van der Waals surface area contributed by atoms with Gasteiger partial charge in [0.25, 0.3) is 5.56 Å². The highest BCUT2D eigenvalue weighted by molar-refractivity contribution is 7.18. The molecular formula is C17H26N4O3S. The van der Waals surface area contributed by atoms with Crippen molar-refractivity contribution in [2.45, 2.75) is 26.5 Å². The number of hydrogen-bond acceptors (Lipinski definition) is 7. The number of nitrogens with zero attached hydrogens (tertiary/aromatic N) is 3. The average Bonchev–Trinajstić information content (AvgIpc) is 2.82. The van der Waals surface area contributed by atoms with Crippen LogP contribution >= 0.6 is 11.3 Å². The number of H-pyrrole nitrogens is 1. The number of aromatic nitrogens is 2. The first kappa shape index (κ1) is 18.5. The van der Waals surface area contributed by atoms with Gasteiger partial charge in [-0.05, 0) is 26.5 Å². The number of fused-ring (bicyclic) bond motifs is 1. The van der Waals surface area contributed by atoms with Gasteiger partial charge in [0.15, 0.2) is 0 Å². The summed E-state index contributed by atoms with van der Waals surface area (Å²) in [5.41, 5.74) is 0.929. The van der Waals surface area contributed by atoms with E-state index in [4.69, 9.17) is 4.74 Å². The highest BCUT2D eigenvalue weighted by atomic mass is 32.1. The lowest BCUT2D eigenvalue weighted by Gasteiger charge is -2.29. The molecule has 3 heterocycles.